The van der Waals surface area contributed by atoms with E-state index in [1.807, 2.05) is 36.4 Å². The van der Waals surface area contributed by atoms with Gasteiger partial charge in [-0.2, -0.15) is 9.29 Å². The zero-order chi connectivity index (χ0) is 26.5. The van der Waals surface area contributed by atoms with Gasteiger partial charge in [-0.3, -0.25) is 4.90 Å². The molecule has 8 heteroatoms. The van der Waals surface area contributed by atoms with Gasteiger partial charge in [0.1, 0.15) is 11.9 Å². The number of para-hydroxylation sites is 1. The average Bonchev–Trinajstić information content (AvgIpc) is 2.96. The third kappa shape index (κ3) is 6.03. The van der Waals surface area contributed by atoms with Crippen molar-refractivity contribution in [2.45, 2.75) is 82.3 Å². The molecule has 1 saturated heterocycles. The van der Waals surface area contributed by atoms with Crippen LogP contribution in [0.15, 0.2) is 53.4 Å². The maximum absolute atomic E-state index is 13.3. The number of piperazine rings is 1. The van der Waals surface area contributed by atoms with E-state index < -0.39 is 10.0 Å². The van der Waals surface area contributed by atoms with E-state index in [0.29, 0.717) is 37.0 Å². The number of aryl methyl sites for hydroxylation is 1. The molecular weight excluding hydrogens is 496 g/mol. The number of sulfonamides is 1. The number of unbranched alkanes of at least 4 members (excludes halogenated alkanes) is 1. The SMILES string of the molecule is CCCCc1ccc(S(=O)(=O)N2CCN([C@@H](C)c3nc(OC4CCCCC4)c4ccccc4n3)CC2)cc1. The Bertz CT molecular complexity index is 1320. The summed E-state index contributed by atoms with van der Waals surface area (Å²) in [6.45, 7) is 6.42. The maximum Gasteiger partial charge on any atom is 0.243 e. The lowest BCUT2D eigenvalue weighted by Crippen LogP contribution is -2.49. The highest BCUT2D eigenvalue weighted by Gasteiger charge is 2.31. The maximum atomic E-state index is 13.3. The van der Waals surface area contributed by atoms with Crippen molar-refractivity contribution >= 4 is 20.9 Å². The minimum absolute atomic E-state index is 0.0454. The first kappa shape index (κ1) is 27.0. The molecule has 1 aliphatic heterocycles. The summed E-state index contributed by atoms with van der Waals surface area (Å²) in [5, 5.41) is 0.950. The highest BCUT2D eigenvalue weighted by atomic mass is 32.2. The van der Waals surface area contributed by atoms with E-state index in [4.69, 9.17) is 14.7 Å². The van der Waals surface area contributed by atoms with Gasteiger partial charge in [-0.15, -0.1) is 0 Å². The lowest BCUT2D eigenvalue weighted by Gasteiger charge is -2.37. The number of rotatable bonds is 9. The van der Waals surface area contributed by atoms with Crippen molar-refractivity contribution in [1.82, 2.24) is 19.2 Å². The van der Waals surface area contributed by atoms with Gasteiger partial charge < -0.3 is 4.74 Å². The van der Waals surface area contributed by atoms with Crippen LogP contribution in [0.2, 0.25) is 0 Å². The first-order valence-corrected chi connectivity index (χ1v) is 15.7. The summed E-state index contributed by atoms with van der Waals surface area (Å²) in [4.78, 5) is 12.4. The van der Waals surface area contributed by atoms with E-state index >= 15 is 0 Å². The second-order valence-corrected chi connectivity index (χ2v) is 12.6. The van der Waals surface area contributed by atoms with Crippen molar-refractivity contribution < 1.29 is 13.2 Å². The van der Waals surface area contributed by atoms with Crippen LogP contribution < -0.4 is 4.74 Å². The lowest BCUT2D eigenvalue weighted by molar-refractivity contribution is 0.135. The van der Waals surface area contributed by atoms with E-state index in [1.165, 1.54) is 24.8 Å². The largest absolute Gasteiger partial charge is 0.474 e. The van der Waals surface area contributed by atoms with Gasteiger partial charge in [-0.25, -0.2) is 13.4 Å². The predicted octanol–water partition coefficient (Wildman–Crippen LogP) is 5.75. The van der Waals surface area contributed by atoms with Crippen LogP contribution in [0.5, 0.6) is 5.88 Å². The van der Waals surface area contributed by atoms with Crippen LogP contribution in [-0.4, -0.2) is 59.9 Å². The molecule has 0 amide bonds. The highest BCUT2D eigenvalue weighted by molar-refractivity contribution is 7.89. The van der Waals surface area contributed by atoms with Crippen molar-refractivity contribution in [3.8, 4) is 5.88 Å². The number of ether oxygens (including phenoxy) is 1. The topological polar surface area (TPSA) is 75.6 Å². The standard InChI is InChI=1S/C30H40N4O3S/c1-3-4-10-24-15-17-26(18-16-24)38(35,36)34-21-19-33(20-22-34)23(2)29-31-28-14-9-8-13-27(28)30(32-29)37-25-11-6-5-7-12-25/h8-9,13-18,23,25H,3-7,10-12,19-22H2,1-2H3/t23-/m0/s1. The van der Waals surface area contributed by atoms with Crippen molar-refractivity contribution in [2.24, 2.45) is 0 Å². The quantitative estimate of drug-likeness (QED) is 0.347. The number of benzene rings is 2. The molecule has 3 aromatic rings. The van der Waals surface area contributed by atoms with E-state index in [2.05, 4.69) is 18.7 Å². The molecular formula is C30H40N4O3S. The van der Waals surface area contributed by atoms with Gasteiger partial charge in [0.15, 0.2) is 0 Å². The van der Waals surface area contributed by atoms with Crippen molar-refractivity contribution in [2.75, 3.05) is 26.2 Å². The van der Waals surface area contributed by atoms with Gasteiger partial charge in [-0.05, 0) is 75.3 Å². The van der Waals surface area contributed by atoms with Crippen molar-refractivity contribution in [3.63, 3.8) is 0 Å². The molecule has 38 heavy (non-hydrogen) atoms. The minimum atomic E-state index is -3.51. The van der Waals surface area contributed by atoms with Crippen LogP contribution in [-0.2, 0) is 16.4 Å². The molecule has 1 aliphatic carbocycles. The van der Waals surface area contributed by atoms with Crippen LogP contribution >= 0.6 is 0 Å². The summed E-state index contributed by atoms with van der Waals surface area (Å²) in [7, 11) is -3.51. The zero-order valence-corrected chi connectivity index (χ0v) is 23.5. The molecule has 2 fully saturated rings. The molecule has 2 aliphatic rings. The molecule has 2 heterocycles. The Kier molecular flexibility index (Phi) is 8.61. The number of hydrogen-bond donors (Lipinski definition) is 0. The summed E-state index contributed by atoms with van der Waals surface area (Å²) < 4.78 is 34.6. The molecule has 5 rings (SSSR count). The normalized spacial score (nSPS) is 19.0. The van der Waals surface area contributed by atoms with Crippen LogP contribution in [0.25, 0.3) is 10.9 Å². The minimum Gasteiger partial charge on any atom is -0.474 e. The van der Waals surface area contributed by atoms with Gasteiger partial charge in [0.05, 0.1) is 21.8 Å². The number of aromatic nitrogens is 2. The lowest BCUT2D eigenvalue weighted by atomic mass is 9.98. The molecule has 1 aromatic heterocycles. The monoisotopic (exact) mass is 536 g/mol. The van der Waals surface area contributed by atoms with Crippen LogP contribution in [0.1, 0.15) is 76.2 Å². The van der Waals surface area contributed by atoms with Gasteiger partial charge in [0, 0.05) is 26.2 Å². The number of fused-ring (bicyclic) bond motifs is 1. The summed E-state index contributed by atoms with van der Waals surface area (Å²) >= 11 is 0. The van der Waals surface area contributed by atoms with Crippen LogP contribution in [0, 0.1) is 0 Å². The Morgan fingerprint density at radius 3 is 2.37 bits per heavy atom. The van der Waals surface area contributed by atoms with Gasteiger partial charge >= 0.3 is 0 Å². The summed E-state index contributed by atoms with van der Waals surface area (Å²) in [5.41, 5.74) is 2.07. The van der Waals surface area contributed by atoms with Crippen LogP contribution in [0.3, 0.4) is 0 Å². The van der Waals surface area contributed by atoms with E-state index in [-0.39, 0.29) is 12.1 Å². The molecule has 0 unspecified atom stereocenters. The highest BCUT2D eigenvalue weighted by Crippen LogP contribution is 2.30. The fourth-order valence-electron chi connectivity index (χ4n) is 5.53. The number of nitrogens with zero attached hydrogens (tertiary/aromatic N) is 4. The fourth-order valence-corrected chi connectivity index (χ4v) is 6.96. The summed E-state index contributed by atoms with van der Waals surface area (Å²) in [5.74, 6) is 1.40. The second-order valence-electron chi connectivity index (χ2n) is 10.6. The first-order chi connectivity index (χ1) is 18.5. The Morgan fingerprint density at radius 2 is 1.66 bits per heavy atom. The molecule has 0 radical (unpaired) electrons. The molecule has 1 saturated carbocycles. The molecule has 0 N–H and O–H groups in total. The first-order valence-electron chi connectivity index (χ1n) is 14.2. The van der Waals surface area contributed by atoms with Gasteiger partial charge in [0.2, 0.25) is 15.9 Å². The van der Waals surface area contributed by atoms with Gasteiger partial charge in [0.25, 0.3) is 0 Å². The summed E-state index contributed by atoms with van der Waals surface area (Å²) in [6, 6.07) is 15.4. The smallest absolute Gasteiger partial charge is 0.243 e. The molecule has 7 nitrogen and oxygen atoms in total. The van der Waals surface area contributed by atoms with Crippen molar-refractivity contribution in [1.29, 1.82) is 0 Å². The van der Waals surface area contributed by atoms with Crippen LogP contribution in [0.4, 0.5) is 0 Å². The second kappa shape index (κ2) is 12.1. The fraction of sp³-hybridized carbons (Fsp3) is 0.533. The van der Waals surface area contributed by atoms with E-state index in [1.54, 1.807) is 16.4 Å². The number of hydrogen-bond acceptors (Lipinski definition) is 6. The third-order valence-electron chi connectivity index (χ3n) is 7.99. The molecule has 0 bridgehead atoms. The Hall–Kier alpha value is -2.55. The Morgan fingerprint density at radius 1 is 0.947 bits per heavy atom. The van der Waals surface area contributed by atoms with E-state index in [0.717, 1.165) is 48.8 Å². The third-order valence-corrected chi connectivity index (χ3v) is 9.90. The van der Waals surface area contributed by atoms with E-state index in [9.17, 15) is 8.42 Å². The average molecular weight is 537 g/mol. The Balaban J connectivity index is 1.27. The summed E-state index contributed by atoms with van der Waals surface area (Å²) in [6.07, 6.45) is 9.25. The zero-order valence-electron chi connectivity index (χ0n) is 22.7. The molecule has 204 valence electrons. The molecule has 1 atom stereocenters. The predicted molar refractivity (Wildman–Crippen MR) is 151 cm³/mol. The van der Waals surface area contributed by atoms with Gasteiger partial charge in [-0.1, -0.05) is 44.0 Å². The van der Waals surface area contributed by atoms with Crippen molar-refractivity contribution in [3.05, 3.63) is 59.9 Å². The Labute approximate surface area is 227 Å². The molecule has 0 spiro atoms. The molecule has 2 aromatic carbocycles.